The van der Waals surface area contributed by atoms with Gasteiger partial charge in [-0.2, -0.15) is 11.8 Å². The van der Waals surface area contributed by atoms with E-state index in [1.54, 1.807) is 0 Å². The van der Waals surface area contributed by atoms with Crippen molar-refractivity contribution in [3.63, 3.8) is 0 Å². The molecule has 1 amide bonds. The van der Waals surface area contributed by atoms with Crippen LogP contribution >= 0.6 is 11.8 Å². The van der Waals surface area contributed by atoms with E-state index in [1.165, 1.54) is 17.1 Å². The van der Waals surface area contributed by atoms with Crippen LogP contribution in [0.3, 0.4) is 0 Å². The van der Waals surface area contributed by atoms with Crippen LogP contribution in [0.15, 0.2) is 42.5 Å². The Bertz CT molecular complexity index is 1060. The maximum absolute atomic E-state index is 13.2. The van der Waals surface area contributed by atoms with Crippen molar-refractivity contribution in [3.05, 3.63) is 70.4 Å². The lowest BCUT2D eigenvalue weighted by molar-refractivity contribution is 0.102. The molecular weight excluding hydrogens is 378 g/mol. The molecule has 2 aromatic carbocycles. The maximum Gasteiger partial charge on any atom is 0.256 e. The summed E-state index contributed by atoms with van der Waals surface area (Å²) in [6.45, 7) is 9.19. The van der Waals surface area contributed by atoms with Crippen molar-refractivity contribution in [1.82, 2.24) is 9.88 Å². The molecule has 0 spiro atoms. The summed E-state index contributed by atoms with van der Waals surface area (Å²) in [6, 6.07) is 14.3. The number of hydrogen-bond donors (Lipinski definition) is 1. The van der Waals surface area contributed by atoms with Crippen molar-refractivity contribution in [2.45, 2.75) is 27.3 Å². The smallest absolute Gasteiger partial charge is 0.256 e. The van der Waals surface area contributed by atoms with Gasteiger partial charge in [0.05, 0.1) is 11.1 Å². The summed E-state index contributed by atoms with van der Waals surface area (Å²) in [7, 11) is 0. The second kappa shape index (κ2) is 8.56. The average Bonchev–Trinajstić information content (AvgIpc) is 2.71. The number of nitrogens with one attached hydrogen (secondary N) is 1. The largest absolute Gasteiger partial charge is 0.322 e. The van der Waals surface area contributed by atoms with Crippen LogP contribution in [-0.4, -0.2) is 40.4 Å². The first-order valence-corrected chi connectivity index (χ1v) is 11.2. The predicted molar refractivity (Wildman–Crippen MR) is 123 cm³/mol. The first-order chi connectivity index (χ1) is 14.0. The number of anilines is 1. The molecule has 4 nitrogen and oxygen atoms in total. The van der Waals surface area contributed by atoms with Gasteiger partial charge >= 0.3 is 0 Å². The Kier molecular flexibility index (Phi) is 5.88. The minimum absolute atomic E-state index is 0.0827. The van der Waals surface area contributed by atoms with Crippen molar-refractivity contribution in [2.75, 3.05) is 29.9 Å². The second-order valence-corrected chi connectivity index (χ2v) is 9.05. The molecule has 1 aliphatic rings. The Morgan fingerprint density at radius 1 is 1.07 bits per heavy atom. The molecule has 29 heavy (non-hydrogen) atoms. The molecule has 0 atom stereocenters. The minimum atomic E-state index is -0.0827. The van der Waals surface area contributed by atoms with E-state index >= 15 is 0 Å². The van der Waals surface area contributed by atoms with Crippen LogP contribution in [0.1, 0.15) is 32.7 Å². The van der Waals surface area contributed by atoms with Crippen molar-refractivity contribution < 1.29 is 4.79 Å². The summed E-state index contributed by atoms with van der Waals surface area (Å²) in [5.41, 5.74) is 6.69. The van der Waals surface area contributed by atoms with Crippen LogP contribution in [0.5, 0.6) is 0 Å². The summed E-state index contributed by atoms with van der Waals surface area (Å²) in [4.78, 5) is 20.3. The van der Waals surface area contributed by atoms with Crippen molar-refractivity contribution in [3.8, 4) is 0 Å². The first kappa shape index (κ1) is 19.9. The molecule has 1 aliphatic heterocycles. The lowest BCUT2D eigenvalue weighted by Gasteiger charge is -2.26. The van der Waals surface area contributed by atoms with Crippen LogP contribution < -0.4 is 5.32 Å². The van der Waals surface area contributed by atoms with E-state index in [4.69, 9.17) is 0 Å². The summed E-state index contributed by atoms with van der Waals surface area (Å²) in [6.07, 6.45) is 0. The first-order valence-electron chi connectivity index (χ1n) is 10.1. The molecule has 3 aromatic rings. The third-order valence-electron chi connectivity index (χ3n) is 5.40. The van der Waals surface area contributed by atoms with Gasteiger partial charge < -0.3 is 5.32 Å². The maximum atomic E-state index is 13.2. The Labute approximate surface area is 176 Å². The lowest BCUT2D eigenvalue weighted by atomic mass is 10.0. The fraction of sp³-hybridized carbons (Fsp3) is 0.333. The highest BCUT2D eigenvalue weighted by molar-refractivity contribution is 7.99. The topological polar surface area (TPSA) is 45.2 Å². The highest BCUT2D eigenvalue weighted by atomic mass is 32.2. The van der Waals surface area contributed by atoms with Crippen LogP contribution in [0.4, 0.5) is 5.69 Å². The number of carbonyl (C=O) groups excluding carboxylic acids is 1. The van der Waals surface area contributed by atoms with Crippen molar-refractivity contribution in [1.29, 1.82) is 0 Å². The van der Waals surface area contributed by atoms with Gasteiger partial charge in [0, 0.05) is 47.9 Å². The van der Waals surface area contributed by atoms with Gasteiger partial charge in [-0.05, 0) is 56.2 Å². The third-order valence-corrected chi connectivity index (χ3v) is 6.34. The van der Waals surface area contributed by atoms with E-state index in [-0.39, 0.29) is 5.91 Å². The number of pyridine rings is 1. The Morgan fingerprint density at radius 2 is 1.86 bits per heavy atom. The molecule has 1 aromatic heterocycles. The molecule has 1 saturated heterocycles. The van der Waals surface area contributed by atoms with Gasteiger partial charge in [0.2, 0.25) is 0 Å². The van der Waals surface area contributed by atoms with Crippen LogP contribution in [0.25, 0.3) is 10.9 Å². The zero-order chi connectivity index (χ0) is 20.4. The van der Waals surface area contributed by atoms with Gasteiger partial charge in [0.1, 0.15) is 0 Å². The monoisotopic (exact) mass is 405 g/mol. The summed E-state index contributed by atoms with van der Waals surface area (Å²) < 4.78 is 0. The third kappa shape index (κ3) is 4.62. The summed E-state index contributed by atoms with van der Waals surface area (Å²) in [5, 5.41) is 4.05. The number of carbonyl (C=O) groups is 1. The van der Waals surface area contributed by atoms with Crippen LogP contribution in [-0.2, 0) is 6.54 Å². The zero-order valence-corrected chi connectivity index (χ0v) is 18.1. The zero-order valence-electron chi connectivity index (χ0n) is 17.3. The molecule has 0 aliphatic carbocycles. The van der Waals surface area contributed by atoms with Gasteiger partial charge in [-0.15, -0.1) is 0 Å². The van der Waals surface area contributed by atoms with Crippen LogP contribution in [0, 0.1) is 20.8 Å². The number of amides is 1. The van der Waals surface area contributed by atoms with Gasteiger partial charge in [0.25, 0.3) is 5.91 Å². The van der Waals surface area contributed by atoms with E-state index in [0.717, 1.165) is 53.0 Å². The normalized spacial score (nSPS) is 14.9. The molecule has 1 N–H and O–H groups in total. The SMILES string of the molecule is Cc1ccc2nc(C)cc(C(=O)Nc3cc(CN4CCSCC4)ccc3C)c2c1. The molecule has 2 heterocycles. The number of rotatable bonds is 4. The molecule has 4 rings (SSSR count). The summed E-state index contributed by atoms with van der Waals surface area (Å²) in [5.74, 6) is 2.31. The van der Waals surface area contributed by atoms with Gasteiger partial charge in [-0.3, -0.25) is 14.7 Å². The molecule has 5 heteroatoms. The van der Waals surface area contributed by atoms with Crippen molar-refractivity contribution in [2.24, 2.45) is 0 Å². The lowest BCUT2D eigenvalue weighted by Crippen LogP contribution is -2.32. The van der Waals surface area contributed by atoms with E-state index in [0.29, 0.717) is 5.56 Å². The van der Waals surface area contributed by atoms with E-state index in [2.05, 4.69) is 33.4 Å². The molecule has 0 bridgehead atoms. The van der Waals surface area contributed by atoms with E-state index in [9.17, 15) is 4.79 Å². The number of hydrogen-bond acceptors (Lipinski definition) is 4. The Morgan fingerprint density at radius 3 is 2.66 bits per heavy atom. The quantitative estimate of drug-likeness (QED) is 0.666. The predicted octanol–water partition coefficient (Wildman–Crippen LogP) is 4.96. The van der Waals surface area contributed by atoms with Crippen LogP contribution in [0.2, 0.25) is 0 Å². The second-order valence-electron chi connectivity index (χ2n) is 7.82. The standard InChI is InChI=1S/C24H27N3OS/c1-16-4-7-22-20(12-16)21(13-18(3)25-22)24(28)26-23-14-19(6-5-17(23)2)15-27-8-10-29-11-9-27/h4-7,12-14H,8-11,15H2,1-3H3,(H,26,28). The number of thioether (sulfide) groups is 1. The number of aromatic nitrogens is 1. The summed E-state index contributed by atoms with van der Waals surface area (Å²) >= 11 is 2.02. The molecular formula is C24H27N3OS. The Balaban J connectivity index is 1.60. The molecule has 0 saturated carbocycles. The number of aryl methyl sites for hydroxylation is 3. The van der Waals surface area contributed by atoms with E-state index in [1.807, 2.05) is 56.8 Å². The molecule has 0 unspecified atom stereocenters. The highest BCUT2D eigenvalue weighted by Crippen LogP contribution is 2.24. The number of nitrogens with zero attached hydrogens (tertiary/aromatic N) is 2. The fourth-order valence-electron chi connectivity index (χ4n) is 3.77. The Hall–Kier alpha value is -2.37. The minimum Gasteiger partial charge on any atom is -0.322 e. The molecule has 0 radical (unpaired) electrons. The average molecular weight is 406 g/mol. The van der Waals surface area contributed by atoms with Gasteiger partial charge in [0.15, 0.2) is 0 Å². The molecule has 1 fully saturated rings. The van der Waals surface area contributed by atoms with Gasteiger partial charge in [-0.1, -0.05) is 23.8 Å². The molecule has 150 valence electrons. The number of benzene rings is 2. The highest BCUT2D eigenvalue weighted by Gasteiger charge is 2.15. The fourth-order valence-corrected chi connectivity index (χ4v) is 4.75. The number of fused-ring (bicyclic) bond motifs is 1. The van der Waals surface area contributed by atoms with Gasteiger partial charge in [-0.25, -0.2) is 0 Å². The van der Waals surface area contributed by atoms with Crippen molar-refractivity contribution >= 4 is 34.3 Å². The van der Waals surface area contributed by atoms with E-state index < -0.39 is 0 Å².